The lowest BCUT2D eigenvalue weighted by atomic mass is 9.91. The third-order valence-corrected chi connectivity index (χ3v) is 4.10. The molecule has 1 saturated heterocycles. The summed E-state index contributed by atoms with van der Waals surface area (Å²) in [5.74, 6) is 1.64. The van der Waals surface area contributed by atoms with Crippen molar-refractivity contribution in [3.05, 3.63) is 0 Å². The Morgan fingerprint density at radius 3 is 2.35 bits per heavy atom. The quantitative estimate of drug-likeness (QED) is 0.747. The molecule has 0 bridgehead atoms. The summed E-state index contributed by atoms with van der Waals surface area (Å²) >= 11 is 0. The van der Waals surface area contributed by atoms with Crippen molar-refractivity contribution in [1.29, 1.82) is 0 Å². The first kappa shape index (κ1) is 14.9. The zero-order valence-electron chi connectivity index (χ0n) is 11.8. The molecule has 1 rings (SSSR count). The van der Waals surface area contributed by atoms with Crippen LogP contribution in [0.15, 0.2) is 0 Å². The smallest absolute Gasteiger partial charge is 0.0767 e. The van der Waals surface area contributed by atoms with E-state index in [-0.39, 0.29) is 0 Å². The molecule has 0 radical (unpaired) electrons. The first-order chi connectivity index (χ1) is 7.99. The molecule has 1 heterocycles. The van der Waals surface area contributed by atoms with E-state index in [4.69, 9.17) is 5.73 Å². The minimum atomic E-state index is -0.632. The summed E-state index contributed by atoms with van der Waals surface area (Å²) in [6.07, 6.45) is 4.01. The topological polar surface area (TPSA) is 49.5 Å². The third-order valence-electron chi connectivity index (χ3n) is 4.10. The summed E-state index contributed by atoms with van der Waals surface area (Å²) in [5, 5.41) is 10.1. The molecule has 3 N–H and O–H groups in total. The van der Waals surface area contributed by atoms with Gasteiger partial charge in [0.2, 0.25) is 0 Å². The average molecular weight is 242 g/mol. The van der Waals surface area contributed by atoms with E-state index in [9.17, 15) is 5.11 Å². The van der Waals surface area contributed by atoms with Crippen molar-refractivity contribution in [2.24, 2.45) is 17.6 Å². The van der Waals surface area contributed by atoms with Gasteiger partial charge in [-0.05, 0) is 44.1 Å². The lowest BCUT2D eigenvalue weighted by Gasteiger charge is -2.35. The SMILES string of the molecule is CCC(O)(CN)CCCN1CC(C)CC(C)C1. The number of hydrogen-bond acceptors (Lipinski definition) is 3. The Kier molecular flexibility index (Phi) is 5.90. The largest absolute Gasteiger partial charge is 0.389 e. The maximum atomic E-state index is 10.1. The van der Waals surface area contributed by atoms with Gasteiger partial charge in [0.05, 0.1) is 5.60 Å². The maximum Gasteiger partial charge on any atom is 0.0767 e. The Hall–Kier alpha value is -0.120. The van der Waals surface area contributed by atoms with Crippen LogP contribution in [0.4, 0.5) is 0 Å². The highest BCUT2D eigenvalue weighted by Gasteiger charge is 2.24. The monoisotopic (exact) mass is 242 g/mol. The highest BCUT2D eigenvalue weighted by atomic mass is 16.3. The van der Waals surface area contributed by atoms with E-state index in [0.29, 0.717) is 6.54 Å². The second kappa shape index (κ2) is 6.72. The van der Waals surface area contributed by atoms with Crippen LogP contribution in [0.5, 0.6) is 0 Å². The van der Waals surface area contributed by atoms with E-state index in [1.165, 1.54) is 19.5 Å². The molecule has 17 heavy (non-hydrogen) atoms. The van der Waals surface area contributed by atoms with E-state index in [0.717, 1.165) is 37.6 Å². The molecule has 0 amide bonds. The number of likely N-dealkylation sites (tertiary alicyclic amines) is 1. The Labute approximate surface area is 106 Å². The maximum absolute atomic E-state index is 10.1. The fourth-order valence-corrected chi connectivity index (χ4v) is 3.03. The van der Waals surface area contributed by atoms with Crippen molar-refractivity contribution in [2.75, 3.05) is 26.2 Å². The van der Waals surface area contributed by atoms with Crippen LogP contribution in [0, 0.1) is 11.8 Å². The molecule has 0 aromatic heterocycles. The Morgan fingerprint density at radius 2 is 1.88 bits per heavy atom. The second-order valence-electron chi connectivity index (χ2n) is 6.09. The summed E-state index contributed by atoms with van der Waals surface area (Å²) in [6, 6.07) is 0. The van der Waals surface area contributed by atoms with Crippen LogP contribution in [0.1, 0.15) is 46.5 Å². The molecule has 3 unspecified atom stereocenters. The minimum Gasteiger partial charge on any atom is -0.389 e. The number of nitrogens with zero attached hydrogens (tertiary/aromatic N) is 1. The Bertz CT molecular complexity index is 206. The number of rotatable bonds is 6. The van der Waals surface area contributed by atoms with Crippen molar-refractivity contribution in [3.63, 3.8) is 0 Å². The van der Waals surface area contributed by atoms with E-state index in [1.54, 1.807) is 0 Å². The lowest BCUT2D eigenvalue weighted by molar-refractivity contribution is 0.0291. The molecule has 0 saturated carbocycles. The van der Waals surface area contributed by atoms with Crippen molar-refractivity contribution in [1.82, 2.24) is 4.90 Å². The van der Waals surface area contributed by atoms with E-state index in [1.807, 2.05) is 6.92 Å². The molecule has 1 aliphatic heterocycles. The van der Waals surface area contributed by atoms with Crippen LogP contribution in [0.2, 0.25) is 0 Å². The normalized spacial score (nSPS) is 30.2. The summed E-state index contributed by atoms with van der Waals surface area (Å²) in [4.78, 5) is 2.55. The standard InChI is InChI=1S/C14H30N2O/c1-4-14(17,11-15)6-5-7-16-9-12(2)8-13(3)10-16/h12-13,17H,4-11,15H2,1-3H3. The van der Waals surface area contributed by atoms with Crippen LogP contribution in [-0.4, -0.2) is 41.8 Å². The van der Waals surface area contributed by atoms with E-state index < -0.39 is 5.60 Å². The van der Waals surface area contributed by atoms with Gasteiger partial charge in [0, 0.05) is 19.6 Å². The van der Waals surface area contributed by atoms with E-state index in [2.05, 4.69) is 18.7 Å². The van der Waals surface area contributed by atoms with Gasteiger partial charge in [-0.1, -0.05) is 20.8 Å². The van der Waals surface area contributed by atoms with Crippen molar-refractivity contribution in [3.8, 4) is 0 Å². The van der Waals surface area contributed by atoms with Crippen LogP contribution in [0.3, 0.4) is 0 Å². The summed E-state index contributed by atoms with van der Waals surface area (Å²) in [7, 11) is 0. The molecular weight excluding hydrogens is 212 g/mol. The third kappa shape index (κ3) is 4.94. The molecule has 0 aromatic rings. The van der Waals surface area contributed by atoms with Gasteiger partial charge in [0.15, 0.2) is 0 Å². The fraction of sp³-hybridized carbons (Fsp3) is 1.00. The van der Waals surface area contributed by atoms with Crippen LogP contribution >= 0.6 is 0 Å². The van der Waals surface area contributed by atoms with Crippen LogP contribution in [0.25, 0.3) is 0 Å². The zero-order valence-corrected chi connectivity index (χ0v) is 11.8. The highest BCUT2D eigenvalue weighted by molar-refractivity contribution is 4.79. The van der Waals surface area contributed by atoms with E-state index >= 15 is 0 Å². The van der Waals surface area contributed by atoms with Gasteiger partial charge in [-0.15, -0.1) is 0 Å². The van der Waals surface area contributed by atoms with Crippen molar-refractivity contribution in [2.45, 2.75) is 52.1 Å². The first-order valence-electron chi connectivity index (χ1n) is 7.14. The molecule has 1 aliphatic rings. The van der Waals surface area contributed by atoms with Crippen molar-refractivity contribution >= 4 is 0 Å². The number of aliphatic hydroxyl groups is 1. The zero-order chi connectivity index (χ0) is 12.9. The molecule has 0 aromatic carbocycles. The molecule has 0 spiro atoms. The fourth-order valence-electron chi connectivity index (χ4n) is 3.03. The molecular formula is C14H30N2O. The van der Waals surface area contributed by atoms with Gasteiger partial charge in [-0.2, -0.15) is 0 Å². The molecule has 3 heteroatoms. The minimum absolute atomic E-state index is 0.385. The van der Waals surface area contributed by atoms with Gasteiger partial charge in [0.25, 0.3) is 0 Å². The van der Waals surface area contributed by atoms with Gasteiger partial charge >= 0.3 is 0 Å². The Balaban J connectivity index is 2.26. The summed E-state index contributed by atoms with van der Waals surface area (Å²) in [6.45, 7) is 10.6. The van der Waals surface area contributed by atoms with Gasteiger partial charge in [-0.3, -0.25) is 0 Å². The lowest BCUT2D eigenvalue weighted by Crippen LogP contribution is -2.41. The van der Waals surface area contributed by atoms with Crippen LogP contribution in [-0.2, 0) is 0 Å². The number of piperidine rings is 1. The van der Waals surface area contributed by atoms with Gasteiger partial charge in [-0.25, -0.2) is 0 Å². The molecule has 3 nitrogen and oxygen atoms in total. The summed E-state index contributed by atoms with van der Waals surface area (Å²) < 4.78 is 0. The Morgan fingerprint density at radius 1 is 1.29 bits per heavy atom. The summed E-state index contributed by atoms with van der Waals surface area (Å²) in [5.41, 5.74) is 4.99. The second-order valence-corrected chi connectivity index (χ2v) is 6.09. The number of hydrogen-bond donors (Lipinski definition) is 2. The van der Waals surface area contributed by atoms with Gasteiger partial charge in [0.1, 0.15) is 0 Å². The first-order valence-corrected chi connectivity index (χ1v) is 7.14. The average Bonchev–Trinajstić information content (AvgIpc) is 2.27. The van der Waals surface area contributed by atoms with Crippen LogP contribution < -0.4 is 5.73 Å². The van der Waals surface area contributed by atoms with Crippen molar-refractivity contribution < 1.29 is 5.11 Å². The predicted octanol–water partition coefficient (Wildman–Crippen LogP) is 1.84. The highest BCUT2D eigenvalue weighted by Crippen LogP contribution is 2.22. The predicted molar refractivity (Wildman–Crippen MR) is 72.9 cm³/mol. The molecule has 102 valence electrons. The molecule has 3 atom stereocenters. The number of nitrogens with two attached hydrogens (primary N) is 1. The van der Waals surface area contributed by atoms with Gasteiger partial charge < -0.3 is 15.7 Å². The molecule has 0 aliphatic carbocycles. The molecule has 1 fully saturated rings.